The SMILES string of the molecule is N#Cc1ccccc1Cn1c(=O)[nH]c2ccc(Cl)cc21. The molecule has 2 aromatic carbocycles. The zero-order chi connectivity index (χ0) is 14.1. The molecule has 0 unspecified atom stereocenters. The predicted octanol–water partition coefficient (Wildman–Crippen LogP) is 2.90. The number of rotatable bonds is 2. The lowest BCUT2D eigenvalue weighted by Crippen LogP contribution is -2.17. The van der Waals surface area contributed by atoms with Gasteiger partial charge in [0.25, 0.3) is 0 Å². The van der Waals surface area contributed by atoms with E-state index in [-0.39, 0.29) is 5.69 Å². The molecule has 0 saturated heterocycles. The Bertz CT molecular complexity index is 886. The zero-order valence-corrected chi connectivity index (χ0v) is 11.2. The molecule has 98 valence electrons. The number of hydrogen-bond acceptors (Lipinski definition) is 2. The van der Waals surface area contributed by atoms with Gasteiger partial charge in [0.15, 0.2) is 0 Å². The molecule has 0 saturated carbocycles. The van der Waals surface area contributed by atoms with Crippen molar-refractivity contribution in [1.29, 1.82) is 5.26 Å². The third-order valence-electron chi connectivity index (χ3n) is 3.20. The van der Waals surface area contributed by atoms with Gasteiger partial charge < -0.3 is 4.98 Å². The Kier molecular flexibility index (Phi) is 3.05. The van der Waals surface area contributed by atoms with E-state index in [0.717, 1.165) is 16.6 Å². The molecule has 0 fully saturated rings. The van der Waals surface area contributed by atoms with Crippen molar-refractivity contribution in [3.05, 3.63) is 69.1 Å². The highest BCUT2D eigenvalue weighted by atomic mass is 35.5. The first-order chi connectivity index (χ1) is 9.69. The van der Waals surface area contributed by atoms with Crippen LogP contribution in [0, 0.1) is 11.3 Å². The molecular formula is C15H10ClN3O. The van der Waals surface area contributed by atoms with Gasteiger partial charge >= 0.3 is 5.69 Å². The van der Waals surface area contributed by atoms with Gasteiger partial charge in [-0.25, -0.2) is 4.79 Å². The molecule has 3 rings (SSSR count). The van der Waals surface area contributed by atoms with Crippen LogP contribution in [0.5, 0.6) is 0 Å². The Hall–Kier alpha value is -2.51. The summed E-state index contributed by atoms with van der Waals surface area (Å²) in [5, 5.41) is 9.68. The fourth-order valence-corrected chi connectivity index (χ4v) is 2.39. The molecular weight excluding hydrogens is 274 g/mol. The van der Waals surface area contributed by atoms with Gasteiger partial charge in [-0.05, 0) is 29.8 Å². The number of halogens is 1. The number of fused-ring (bicyclic) bond motifs is 1. The number of H-pyrrole nitrogens is 1. The fraction of sp³-hybridized carbons (Fsp3) is 0.0667. The van der Waals surface area contributed by atoms with E-state index >= 15 is 0 Å². The lowest BCUT2D eigenvalue weighted by atomic mass is 10.1. The molecule has 5 heteroatoms. The maximum atomic E-state index is 12.0. The Morgan fingerprint density at radius 1 is 1.25 bits per heavy atom. The van der Waals surface area contributed by atoms with Crippen molar-refractivity contribution in [2.75, 3.05) is 0 Å². The molecule has 1 heterocycles. The van der Waals surface area contributed by atoms with Crippen LogP contribution in [0.3, 0.4) is 0 Å². The van der Waals surface area contributed by atoms with E-state index in [2.05, 4.69) is 11.1 Å². The summed E-state index contributed by atoms with van der Waals surface area (Å²) in [7, 11) is 0. The quantitative estimate of drug-likeness (QED) is 0.786. The summed E-state index contributed by atoms with van der Waals surface area (Å²) in [6.07, 6.45) is 0. The normalized spacial score (nSPS) is 10.6. The number of nitrogens with one attached hydrogen (secondary N) is 1. The van der Waals surface area contributed by atoms with E-state index in [0.29, 0.717) is 17.1 Å². The first-order valence-corrected chi connectivity index (χ1v) is 6.43. The molecule has 0 atom stereocenters. The Labute approximate surface area is 119 Å². The lowest BCUT2D eigenvalue weighted by molar-refractivity contribution is 0.785. The number of aromatic nitrogens is 2. The summed E-state index contributed by atoms with van der Waals surface area (Å²) >= 11 is 5.98. The van der Waals surface area contributed by atoms with Crippen LogP contribution in [0.25, 0.3) is 11.0 Å². The third-order valence-corrected chi connectivity index (χ3v) is 3.44. The van der Waals surface area contributed by atoms with Gasteiger partial charge in [-0.2, -0.15) is 5.26 Å². The van der Waals surface area contributed by atoms with Crippen LogP contribution < -0.4 is 5.69 Å². The minimum Gasteiger partial charge on any atom is -0.306 e. The number of aromatic amines is 1. The smallest absolute Gasteiger partial charge is 0.306 e. The lowest BCUT2D eigenvalue weighted by Gasteiger charge is -2.05. The van der Waals surface area contributed by atoms with Gasteiger partial charge in [0.05, 0.1) is 29.2 Å². The van der Waals surface area contributed by atoms with E-state index in [1.807, 2.05) is 12.1 Å². The van der Waals surface area contributed by atoms with E-state index in [1.54, 1.807) is 34.9 Å². The summed E-state index contributed by atoms with van der Waals surface area (Å²) < 4.78 is 1.58. The largest absolute Gasteiger partial charge is 0.326 e. The summed E-state index contributed by atoms with van der Waals surface area (Å²) in [5.74, 6) is 0. The predicted molar refractivity (Wildman–Crippen MR) is 77.8 cm³/mol. The van der Waals surface area contributed by atoms with Crippen molar-refractivity contribution >= 4 is 22.6 Å². The number of benzene rings is 2. The standard InChI is InChI=1S/C15H10ClN3O/c16-12-5-6-13-14(7-12)19(15(20)18-13)9-11-4-2-1-3-10(11)8-17/h1-7H,9H2,(H,18,20). The summed E-state index contributed by atoms with van der Waals surface area (Å²) in [4.78, 5) is 14.8. The average Bonchev–Trinajstić information content (AvgIpc) is 2.76. The van der Waals surface area contributed by atoms with Gasteiger partial charge in [-0.1, -0.05) is 29.8 Å². The van der Waals surface area contributed by atoms with Crippen molar-refractivity contribution in [3.8, 4) is 6.07 Å². The van der Waals surface area contributed by atoms with Crippen LogP contribution in [0.1, 0.15) is 11.1 Å². The van der Waals surface area contributed by atoms with Gasteiger partial charge in [0.1, 0.15) is 0 Å². The van der Waals surface area contributed by atoms with Crippen molar-refractivity contribution in [1.82, 2.24) is 9.55 Å². The topological polar surface area (TPSA) is 61.6 Å². The second kappa shape index (κ2) is 4.87. The highest BCUT2D eigenvalue weighted by Crippen LogP contribution is 2.18. The Balaban J connectivity index is 2.16. The van der Waals surface area contributed by atoms with E-state index in [4.69, 9.17) is 16.9 Å². The molecule has 0 spiro atoms. The van der Waals surface area contributed by atoms with Crippen LogP contribution in [0.2, 0.25) is 5.02 Å². The summed E-state index contributed by atoms with van der Waals surface area (Å²) in [5.41, 5.74) is 2.62. The number of imidazole rings is 1. The number of nitriles is 1. The molecule has 0 aliphatic rings. The second-order valence-electron chi connectivity index (χ2n) is 4.45. The molecule has 0 bridgehead atoms. The van der Waals surface area contributed by atoms with E-state index in [1.165, 1.54) is 0 Å². The monoisotopic (exact) mass is 283 g/mol. The van der Waals surface area contributed by atoms with Crippen molar-refractivity contribution in [2.24, 2.45) is 0 Å². The molecule has 4 nitrogen and oxygen atoms in total. The maximum absolute atomic E-state index is 12.0. The number of nitrogens with zero attached hydrogens (tertiary/aromatic N) is 2. The maximum Gasteiger partial charge on any atom is 0.326 e. The first-order valence-electron chi connectivity index (χ1n) is 6.05. The first kappa shape index (κ1) is 12.5. The summed E-state index contributed by atoms with van der Waals surface area (Å²) in [6.45, 7) is 0.336. The molecule has 0 amide bonds. The zero-order valence-electron chi connectivity index (χ0n) is 10.4. The fourth-order valence-electron chi connectivity index (χ4n) is 2.22. The van der Waals surface area contributed by atoms with Gasteiger partial charge in [0.2, 0.25) is 0 Å². The third kappa shape index (κ3) is 2.09. The van der Waals surface area contributed by atoms with Crippen LogP contribution in [0.4, 0.5) is 0 Å². The van der Waals surface area contributed by atoms with Crippen molar-refractivity contribution < 1.29 is 0 Å². The van der Waals surface area contributed by atoms with Crippen molar-refractivity contribution in [2.45, 2.75) is 6.54 Å². The van der Waals surface area contributed by atoms with E-state index in [9.17, 15) is 4.79 Å². The molecule has 0 radical (unpaired) electrons. The van der Waals surface area contributed by atoms with Crippen LogP contribution in [0.15, 0.2) is 47.3 Å². The molecule has 1 aromatic heterocycles. The Morgan fingerprint density at radius 3 is 2.85 bits per heavy atom. The average molecular weight is 284 g/mol. The number of hydrogen-bond donors (Lipinski definition) is 1. The molecule has 1 N–H and O–H groups in total. The van der Waals surface area contributed by atoms with Gasteiger partial charge in [0, 0.05) is 5.02 Å². The molecule has 3 aromatic rings. The minimum absolute atomic E-state index is 0.213. The molecule has 0 aliphatic heterocycles. The Morgan fingerprint density at radius 2 is 2.05 bits per heavy atom. The highest BCUT2D eigenvalue weighted by molar-refractivity contribution is 6.31. The second-order valence-corrected chi connectivity index (χ2v) is 4.88. The van der Waals surface area contributed by atoms with Crippen LogP contribution in [-0.2, 0) is 6.54 Å². The minimum atomic E-state index is -0.213. The molecule has 0 aliphatic carbocycles. The van der Waals surface area contributed by atoms with E-state index < -0.39 is 0 Å². The summed E-state index contributed by atoms with van der Waals surface area (Å²) in [6, 6.07) is 14.6. The highest BCUT2D eigenvalue weighted by Gasteiger charge is 2.09. The van der Waals surface area contributed by atoms with Gasteiger partial charge in [-0.3, -0.25) is 4.57 Å². The van der Waals surface area contributed by atoms with Crippen LogP contribution >= 0.6 is 11.6 Å². The van der Waals surface area contributed by atoms with Gasteiger partial charge in [-0.15, -0.1) is 0 Å². The van der Waals surface area contributed by atoms with Crippen LogP contribution in [-0.4, -0.2) is 9.55 Å². The van der Waals surface area contributed by atoms with Crippen molar-refractivity contribution in [3.63, 3.8) is 0 Å². The molecule has 20 heavy (non-hydrogen) atoms.